The molecule has 6 heteroatoms. The number of nitrogen functional groups attached to an aromatic ring is 1. The third-order valence-corrected chi connectivity index (χ3v) is 2.62. The summed E-state index contributed by atoms with van der Waals surface area (Å²) >= 11 is 1.51. The van der Waals surface area contributed by atoms with Gasteiger partial charge >= 0.3 is 0 Å². The Kier molecular flexibility index (Phi) is 2.45. The molecule has 0 unspecified atom stereocenters. The molecule has 0 aliphatic heterocycles. The van der Waals surface area contributed by atoms with E-state index in [4.69, 9.17) is 5.73 Å². The van der Waals surface area contributed by atoms with E-state index < -0.39 is 6.67 Å². The molecule has 0 atom stereocenters. The SMILES string of the molecule is Nc1nc(NCCF)c2sccc2n1. The first kappa shape index (κ1) is 9.14. The maximum atomic E-state index is 12.0. The summed E-state index contributed by atoms with van der Waals surface area (Å²) in [5.74, 6) is 0.817. The van der Waals surface area contributed by atoms with Crippen molar-refractivity contribution < 1.29 is 4.39 Å². The fourth-order valence-electron chi connectivity index (χ4n) is 1.17. The summed E-state index contributed by atoms with van der Waals surface area (Å²) in [5.41, 5.74) is 6.30. The van der Waals surface area contributed by atoms with E-state index in [-0.39, 0.29) is 12.5 Å². The van der Waals surface area contributed by atoms with E-state index in [9.17, 15) is 4.39 Å². The van der Waals surface area contributed by atoms with Crippen LogP contribution in [0.25, 0.3) is 10.2 Å². The fourth-order valence-corrected chi connectivity index (χ4v) is 1.96. The van der Waals surface area contributed by atoms with Crippen LogP contribution in [0.2, 0.25) is 0 Å². The Morgan fingerprint density at radius 3 is 3.14 bits per heavy atom. The topological polar surface area (TPSA) is 63.8 Å². The third kappa shape index (κ3) is 1.60. The lowest BCUT2D eigenvalue weighted by atomic mass is 10.4. The molecule has 0 saturated carbocycles. The highest BCUT2D eigenvalue weighted by molar-refractivity contribution is 7.17. The van der Waals surface area contributed by atoms with Crippen LogP contribution in [0.1, 0.15) is 0 Å². The molecule has 0 aliphatic carbocycles. The van der Waals surface area contributed by atoms with Gasteiger partial charge in [0.15, 0.2) is 0 Å². The average Bonchev–Trinajstić information content (AvgIpc) is 2.61. The maximum Gasteiger partial charge on any atom is 0.222 e. The molecule has 74 valence electrons. The first-order chi connectivity index (χ1) is 6.81. The van der Waals surface area contributed by atoms with Gasteiger partial charge < -0.3 is 11.1 Å². The van der Waals surface area contributed by atoms with Crippen molar-refractivity contribution in [3.05, 3.63) is 11.4 Å². The molecule has 0 saturated heterocycles. The van der Waals surface area contributed by atoms with Gasteiger partial charge in [0.2, 0.25) is 5.95 Å². The number of nitrogens with zero attached hydrogens (tertiary/aromatic N) is 2. The number of thiophene rings is 1. The van der Waals surface area contributed by atoms with Gasteiger partial charge in [-0.15, -0.1) is 11.3 Å². The molecule has 2 heterocycles. The molecule has 4 nitrogen and oxygen atoms in total. The lowest BCUT2D eigenvalue weighted by Gasteiger charge is -2.04. The van der Waals surface area contributed by atoms with Crippen molar-refractivity contribution in [2.24, 2.45) is 0 Å². The lowest BCUT2D eigenvalue weighted by Crippen LogP contribution is -2.06. The van der Waals surface area contributed by atoms with E-state index in [0.717, 1.165) is 10.2 Å². The number of hydrogen-bond donors (Lipinski definition) is 2. The third-order valence-electron chi connectivity index (χ3n) is 1.71. The van der Waals surface area contributed by atoms with Gasteiger partial charge in [-0.05, 0) is 11.4 Å². The first-order valence-corrected chi connectivity index (χ1v) is 5.00. The normalized spacial score (nSPS) is 10.6. The number of anilines is 2. The van der Waals surface area contributed by atoms with Crippen LogP contribution in [0.5, 0.6) is 0 Å². The minimum atomic E-state index is -0.434. The molecule has 0 aromatic carbocycles. The summed E-state index contributed by atoms with van der Waals surface area (Å²) in [7, 11) is 0. The number of nitrogens with two attached hydrogens (primary N) is 1. The Balaban J connectivity index is 2.44. The van der Waals surface area contributed by atoms with Crippen molar-refractivity contribution >= 4 is 33.3 Å². The standard InChI is InChI=1S/C8H9FN4S/c9-2-3-11-7-6-5(1-4-14-6)12-8(10)13-7/h1,4H,2-3H2,(H3,10,11,12,13). The number of hydrogen-bond acceptors (Lipinski definition) is 5. The van der Waals surface area contributed by atoms with E-state index in [1.54, 1.807) is 0 Å². The Morgan fingerprint density at radius 2 is 2.36 bits per heavy atom. The molecule has 2 rings (SSSR count). The Morgan fingerprint density at radius 1 is 1.50 bits per heavy atom. The minimum absolute atomic E-state index is 0.206. The summed E-state index contributed by atoms with van der Waals surface area (Å²) in [4.78, 5) is 8.06. The van der Waals surface area contributed by atoms with Gasteiger partial charge in [-0.1, -0.05) is 0 Å². The van der Waals surface area contributed by atoms with Crippen LogP contribution in [-0.4, -0.2) is 23.2 Å². The minimum Gasteiger partial charge on any atom is -0.368 e. The zero-order valence-electron chi connectivity index (χ0n) is 7.33. The van der Waals surface area contributed by atoms with Crippen LogP contribution in [-0.2, 0) is 0 Å². The number of alkyl halides is 1. The molecule has 0 spiro atoms. The van der Waals surface area contributed by atoms with Crippen molar-refractivity contribution in [1.29, 1.82) is 0 Å². The van der Waals surface area contributed by atoms with E-state index in [2.05, 4.69) is 15.3 Å². The summed E-state index contributed by atoms with van der Waals surface area (Å²) in [5, 5.41) is 4.77. The zero-order valence-corrected chi connectivity index (χ0v) is 8.14. The second-order valence-electron chi connectivity index (χ2n) is 2.68. The van der Waals surface area contributed by atoms with E-state index >= 15 is 0 Å². The largest absolute Gasteiger partial charge is 0.368 e. The Labute approximate surface area is 84.0 Å². The highest BCUT2D eigenvalue weighted by Crippen LogP contribution is 2.26. The Hall–Kier alpha value is -1.43. The number of nitrogens with one attached hydrogen (secondary N) is 1. The van der Waals surface area contributed by atoms with Gasteiger partial charge in [-0.25, -0.2) is 9.37 Å². The summed E-state index contributed by atoms with van der Waals surface area (Å²) in [6, 6.07) is 1.86. The summed E-state index contributed by atoms with van der Waals surface area (Å²) in [6.45, 7) is -0.194. The molecule has 0 amide bonds. The number of fused-ring (bicyclic) bond motifs is 1. The molecular weight excluding hydrogens is 203 g/mol. The molecule has 0 radical (unpaired) electrons. The summed E-state index contributed by atoms with van der Waals surface area (Å²) < 4.78 is 12.9. The van der Waals surface area contributed by atoms with Crippen molar-refractivity contribution in [1.82, 2.24) is 9.97 Å². The number of halogens is 1. The quantitative estimate of drug-likeness (QED) is 0.812. The average molecular weight is 212 g/mol. The molecule has 0 aliphatic rings. The van der Waals surface area contributed by atoms with Crippen molar-refractivity contribution in [2.75, 3.05) is 24.3 Å². The van der Waals surface area contributed by atoms with Crippen LogP contribution in [0, 0.1) is 0 Å². The highest BCUT2D eigenvalue weighted by atomic mass is 32.1. The van der Waals surface area contributed by atoms with Crippen molar-refractivity contribution in [3.63, 3.8) is 0 Å². The van der Waals surface area contributed by atoms with Crippen LogP contribution in [0.3, 0.4) is 0 Å². The monoisotopic (exact) mass is 212 g/mol. The van der Waals surface area contributed by atoms with E-state index in [1.165, 1.54) is 11.3 Å². The lowest BCUT2D eigenvalue weighted by molar-refractivity contribution is 0.512. The number of aromatic nitrogens is 2. The summed E-state index contributed by atoms with van der Waals surface area (Å²) in [6.07, 6.45) is 0. The molecule has 0 fully saturated rings. The smallest absolute Gasteiger partial charge is 0.222 e. The fraction of sp³-hybridized carbons (Fsp3) is 0.250. The van der Waals surface area contributed by atoms with Crippen molar-refractivity contribution in [3.8, 4) is 0 Å². The van der Waals surface area contributed by atoms with Gasteiger partial charge in [0.05, 0.1) is 10.2 Å². The van der Waals surface area contributed by atoms with Crippen LogP contribution in [0.15, 0.2) is 11.4 Å². The molecule has 3 N–H and O–H groups in total. The predicted molar refractivity (Wildman–Crippen MR) is 56.3 cm³/mol. The zero-order chi connectivity index (χ0) is 9.97. The van der Waals surface area contributed by atoms with Gasteiger partial charge in [0, 0.05) is 6.54 Å². The van der Waals surface area contributed by atoms with Crippen LogP contribution >= 0.6 is 11.3 Å². The first-order valence-electron chi connectivity index (χ1n) is 4.12. The van der Waals surface area contributed by atoms with E-state index in [1.807, 2.05) is 11.4 Å². The Bertz CT molecular complexity index is 442. The molecule has 2 aromatic rings. The number of rotatable bonds is 3. The van der Waals surface area contributed by atoms with Gasteiger partial charge in [-0.2, -0.15) is 4.98 Å². The molecular formula is C8H9FN4S. The predicted octanol–water partition coefficient (Wildman–Crippen LogP) is 1.65. The maximum absolute atomic E-state index is 12.0. The molecule has 2 aromatic heterocycles. The second kappa shape index (κ2) is 3.75. The van der Waals surface area contributed by atoms with Crippen LogP contribution < -0.4 is 11.1 Å². The second-order valence-corrected chi connectivity index (χ2v) is 3.60. The van der Waals surface area contributed by atoms with Gasteiger partial charge in [0.1, 0.15) is 12.5 Å². The molecule has 14 heavy (non-hydrogen) atoms. The molecule has 0 bridgehead atoms. The van der Waals surface area contributed by atoms with Gasteiger partial charge in [-0.3, -0.25) is 0 Å². The van der Waals surface area contributed by atoms with Gasteiger partial charge in [0.25, 0.3) is 0 Å². The van der Waals surface area contributed by atoms with Crippen LogP contribution in [0.4, 0.5) is 16.2 Å². The highest BCUT2D eigenvalue weighted by Gasteiger charge is 2.06. The van der Waals surface area contributed by atoms with E-state index in [0.29, 0.717) is 5.82 Å². The van der Waals surface area contributed by atoms with Crippen molar-refractivity contribution in [2.45, 2.75) is 0 Å².